The van der Waals surface area contributed by atoms with Crippen LogP contribution in [0.2, 0.25) is 0 Å². The second-order valence-electron chi connectivity index (χ2n) is 6.39. The molecular formula is C20H18BrFN2O3. The molecule has 0 aliphatic carbocycles. The molecule has 27 heavy (non-hydrogen) atoms. The highest BCUT2D eigenvalue weighted by atomic mass is 79.9. The summed E-state index contributed by atoms with van der Waals surface area (Å²) in [5, 5.41) is 3.52. The number of nitrogens with zero attached hydrogens (tertiary/aromatic N) is 1. The summed E-state index contributed by atoms with van der Waals surface area (Å²) in [7, 11) is 0. The monoisotopic (exact) mass is 432 g/mol. The number of para-hydroxylation sites is 1. The second-order valence-corrected chi connectivity index (χ2v) is 7.30. The molecule has 5 nitrogen and oxygen atoms in total. The molecule has 1 saturated heterocycles. The Morgan fingerprint density at radius 2 is 2.00 bits per heavy atom. The van der Waals surface area contributed by atoms with Crippen molar-refractivity contribution in [1.82, 2.24) is 0 Å². The maximum Gasteiger partial charge on any atom is 0.291 e. The van der Waals surface area contributed by atoms with Crippen LogP contribution in [0.3, 0.4) is 0 Å². The van der Waals surface area contributed by atoms with Crippen LogP contribution in [0.5, 0.6) is 0 Å². The van der Waals surface area contributed by atoms with Crippen LogP contribution in [0.1, 0.15) is 16.1 Å². The Labute approximate surface area is 164 Å². The number of furan rings is 1. The van der Waals surface area contributed by atoms with Gasteiger partial charge in [0.25, 0.3) is 5.91 Å². The average molecular weight is 433 g/mol. The first-order chi connectivity index (χ1) is 13.0. The van der Waals surface area contributed by atoms with Gasteiger partial charge in [-0.1, -0.05) is 28.1 Å². The van der Waals surface area contributed by atoms with Crippen LogP contribution >= 0.6 is 15.9 Å². The number of fused-ring (bicyclic) bond motifs is 1. The van der Waals surface area contributed by atoms with E-state index in [1.54, 1.807) is 19.1 Å². The van der Waals surface area contributed by atoms with Crippen molar-refractivity contribution in [3.63, 3.8) is 0 Å². The summed E-state index contributed by atoms with van der Waals surface area (Å²) in [6.07, 6.45) is 0. The lowest BCUT2D eigenvalue weighted by molar-refractivity contribution is 0.0997. The van der Waals surface area contributed by atoms with Crippen molar-refractivity contribution in [2.24, 2.45) is 0 Å². The highest BCUT2D eigenvalue weighted by Gasteiger charge is 2.22. The molecule has 1 aliphatic heterocycles. The van der Waals surface area contributed by atoms with Crippen LogP contribution in [-0.4, -0.2) is 32.2 Å². The smallest absolute Gasteiger partial charge is 0.291 e. The Hall–Kier alpha value is -2.38. The van der Waals surface area contributed by atoms with Gasteiger partial charge >= 0.3 is 0 Å². The van der Waals surface area contributed by atoms with Crippen molar-refractivity contribution in [3.05, 3.63) is 58.0 Å². The molecule has 2 heterocycles. The summed E-state index contributed by atoms with van der Waals surface area (Å²) >= 11 is 3.45. The number of benzene rings is 2. The molecule has 0 bridgehead atoms. The van der Waals surface area contributed by atoms with Crippen LogP contribution < -0.4 is 10.2 Å². The van der Waals surface area contributed by atoms with E-state index in [0.29, 0.717) is 29.9 Å². The van der Waals surface area contributed by atoms with Crippen molar-refractivity contribution in [2.45, 2.75) is 6.92 Å². The number of nitrogens with one attached hydrogen (secondary N) is 1. The molecule has 2 aromatic carbocycles. The van der Waals surface area contributed by atoms with Crippen molar-refractivity contribution in [1.29, 1.82) is 0 Å². The highest BCUT2D eigenvalue weighted by molar-refractivity contribution is 9.10. The predicted octanol–water partition coefficient (Wildman–Crippen LogP) is 4.73. The first kappa shape index (κ1) is 18.0. The van der Waals surface area contributed by atoms with Gasteiger partial charge in [0.2, 0.25) is 0 Å². The maximum absolute atomic E-state index is 14.0. The van der Waals surface area contributed by atoms with Gasteiger partial charge in [0.15, 0.2) is 17.2 Å². The number of morpholine rings is 1. The Morgan fingerprint density at radius 1 is 1.22 bits per heavy atom. The minimum Gasteiger partial charge on any atom is -0.448 e. The fraction of sp³-hybridized carbons (Fsp3) is 0.250. The second kappa shape index (κ2) is 7.32. The van der Waals surface area contributed by atoms with Gasteiger partial charge in [-0.25, -0.2) is 4.39 Å². The summed E-state index contributed by atoms with van der Waals surface area (Å²) in [5.41, 5.74) is 2.29. The van der Waals surface area contributed by atoms with Gasteiger partial charge in [-0.3, -0.25) is 4.79 Å². The number of amides is 1. The van der Waals surface area contributed by atoms with E-state index >= 15 is 0 Å². The van der Waals surface area contributed by atoms with Gasteiger partial charge in [-0.15, -0.1) is 0 Å². The summed E-state index contributed by atoms with van der Waals surface area (Å²) in [4.78, 5) is 15.0. The molecular weight excluding hydrogens is 415 g/mol. The average Bonchev–Trinajstić information content (AvgIpc) is 3.01. The number of aryl methyl sites for hydroxylation is 1. The third-order valence-electron chi connectivity index (χ3n) is 4.68. The summed E-state index contributed by atoms with van der Waals surface area (Å²) in [6.45, 7) is 4.54. The fourth-order valence-electron chi connectivity index (χ4n) is 3.29. The van der Waals surface area contributed by atoms with E-state index in [-0.39, 0.29) is 11.3 Å². The zero-order valence-electron chi connectivity index (χ0n) is 14.7. The van der Waals surface area contributed by atoms with Crippen LogP contribution in [0.4, 0.5) is 15.8 Å². The number of hydrogen-bond donors (Lipinski definition) is 1. The number of hydrogen-bond acceptors (Lipinski definition) is 4. The SMILES string of the molecule is Cc1c(C(=O)Nc2cc(Br)ccc2N2CCOCC2)oc2c(F)cccc12. The Bertz CT molecular complexity index is 1010. The van der Waals surface area contributed by atoms with E-state index in [4.69, 9.17) is 9.15 Å². The Morgan fingerprint density at radius 3 is 2.74 bits per heavy atom. The van der Waals surface area contributed by atoms with E-state index < -0.39 is 11.7 Å². The first-order valence-corrected chi connectivity index (χ1v) is 9.45. The Kier molecular flexibility index (Phi) is 4.88. The maximum atomic E-state index is 14.0. The van der Waals surface area contributed by atoms with Gasteiger partial charge in [0.05, 0.1) is 24.6 Å². The summed E-state index contributed by atoms with van der Waals surface area (Å²) < 4.78 is 25.8. The van der Waals surface area contributed by atoms with Crippen LogP contribution in [0, 0.1) is 12.7 Å². The normalized spacial score (nSPS) is 14.6. The predicted molar refractivity (Wildman–Crippen MR) is 106 cm³/mol. The molecule has 0 radical (unpaired) electrons. The molecule has 0 saturated carbocycles. The zero-order valence-corrected chi connectivity index (χ0v) is 16.3. The molecule has 0 atom stereocenters. The molecule has 7 heteroatoms. The van der Waals surface area contributed by atoms with Crippen LogP contribution in [0.25, 0.3) is 11.0 Å². The van der Waals surface area contributed by atoms with Gasteiger partial charge in [-0.05, 0) is 31.2 Å². The topological polar surface area (TPSA) is 54.7 Å². The molecule has 1 aliphatic rings. The largest absolute Gasteiger partial charge is 0.448 e. The number of rotatable bonds is 3. The molecule has 1 aromatic heterocycles. The molecule has 3 aromatic rings. The minimum atomic E-state index is -0.480. The first-order valence-electron chi connectivity index (χ1n) is 8.66. The lowest BCUT2D eigenvalue weighted by Gasteiger charge is -2.30. The molecule has 4 rings (SSSR count). The van der Waals surface area contributed by atoms with E-state index in [2.05, 4.69) is 26.1 Å². The number of halogens is 2. The minimum absolute atomic E-state index is 0.0998. The number of carbonyl (C=O) groups is 1. The quantitative estimate of drug-likeness (QED) is 0.649. The van der Waals surface area contributed by atoms with Crippen molar-refractivity contribution in [3.8, 4) is 0 Å². The van der Waals surface area contributed by atoms with Crippen molar-refractivity contribution in [2.75, 3.05) is 36.5 Å². The van der Waals surface area contributed by atoms with Crippen molar-refractivity contribution >= 4 is 44.2 Å². The van der Waals surface area contributed by atoms with Crippen molar-refractivity contribution < 1.29 is 18.3 Å². The molecule has 0 spiro atoms. The van der Waals surface area contributed by atoms with Crippen LogP contribution in [0.15, 0.2) is 45.3 Å². The molecule has 0 unspecified atom stereocenters. The van der Waals surface area contributed by atoms with Gasteiger partial charge in [0, 0.05) is 28.5 Å². The van der Waals surface area contributed by atoms with E-state index in [0.717, 1.165) is 23.2 Å². The zero-order chi connectivity index (χ0) is 19.0. The fourth-order valence-corrected chi connectivity index (χ4v) is 3.65. The summed E-state index contributed by atoms with van der Waals surface area (Å²) in [6, 6.07) is 10.4. The lowest BCUT2D eigenvalue weighted by atomic mass is 10.1. The van der Waals surface area contributed by atoms with E-state index in [1.807, 2.05) is 18.2 Å². The molecule has 1 fully saturated rings. The summed E-state index contributed by atoms with van der Waals surface area (Å²) in [5.74, 6) is -0.773. The van der Waals surface area contributed by atoms with Gasteiger partial charge in [0.1, 0.15) is 0 Å². The molecule has 140 valence electrons. The number of ether oxygens (including phenoxy) is 1. The lowest BCUT2D eigenvalue weighted by Crippen LogP contribution is -2.36. The standard InChI is InChI=1S/C20H18BrFN2O3/c1-12-14-3-2-4-15(22)19(14)27-18(12)20(25)23-16-11-13(21)5-6-17(16)24-7-9-26-10-8-24/h2-6,11H,7-10H2,1H3,(H,23,25). The number of carbonyl (C=O) groups excluding carboxylic acids is 1. The van der Waals surface area contributed by atoms with Crippen LogP contribution in [-0.2, 0) is 4.74 Å². The molecule has 1 N–H and O–H groups in total. The van der Waals surface area contributed by atoms with E-state index in [1.165, 1.54) is 6.07 Å². The van der Waals surface area contributed by atoms with E-state index in [9.17, 15) is 9.18 Å². The third kappa shape index (κ3) is 3.44. The Balaban J connectivity index is 1.68. The highest BCUT2D eigenvalue weighted by Crippen LogP contribution is 2.32. The van der Waals surface area contributed by atoms with Gasteiger partial charge < -0.3 is 19.4 Å². The third-order valence-corrected chi connectivity index (χ3v) is 5.17. The van der Waals surface area contributed by atoms with Gasteiger partial charge in [-0.2, -0.15) is 0 Å². The number of anilines is 2. The molecule has 1 amide bonds.